The van der Waals surface area contributed by atoms with E-state index in [0.717, 1.165) is 12.1 Å². The SMILES string of the molecule is CCCC(CCC)N1CC(C)N(C)CC1C. The van der Waals surface area contributed by atoms with E-state index in [2.05, 4.69) is 44.5 Å². The van der Waals surface area contributed by atoms with E-state index in [9.17, 15) is 0 Å². The largest absolute Gasteiger partial charge is 0.301 e. The molecule has 0 saturated carbocycles. The highest BCUT2D eigenvalue weighted by Gasteiger charge is 2.30. The second-order valence-corrected chi connectivity index (χ2v) is 5.57. The van der Waals surface area contributed by atoms with Crippen LogP contribution < -0.4 is 0 Å². The minimum Gasteiger partial charge on any atom is -0.301 e. The lowest BCUT2D eigenvalue weighted by Crippen LogP contribution is -2.57. The highest BCUT2D eigenvalue weighted by molar-refractivity contribution is 4.86. The summed E-state index contributed by atoms with van der Waals surface area (Å²) in [6.07, 6.45) is 5.37. The van der Waals surface area contributed by atoms with Crippen molar-refractivity contribution in [1.82, 2.24) is 9.80 Å². The Morgan fingerprint density at radius 2 is 1.56 bits per heavy atom. The molecule has 0 bridgehead atoms. The highest BCUT2D eigenvalue weighted by Crippen LogP contribution is 2.21. The average Bonchev–Trinajstić information content (AvgIpc) is 2.23. The second kappa shape index (κ2) is 6.61. The van der Waals surface area contributed by atoms with Crippen molar-refractivity contribution in [2.45, 2.75) is 71.5 Å². The van der Waals surface area contributed by atoms with Gasteiger partial charge in [-0.3, -0.25) is 4.90 Å². The van der Waals surface area contributed by atoms with Gasteiger partial charge in [0.25, 0.3) is 0 Å². The molecule has 0 N–H and O–H groups in total. The zero-order valence-corrected chi connectivity index (χ0v) is 11.9. The fourth-order valence-electron chi connectivity index (χ4n) is 2.98. The van der Waals surface area contributed by atoms with Crippen molar-refractivity contribution in [3.63, 3.8) is 0 Å². The van der Waals surface area contributed by atoms with Crippen molar-refractivity contribution in [3.8, 4) is 0 Å². The maximum absolute atomic E-state index is 2.76. The summed E-state index contributed by atoms with van der Waals surface area (Å²) in [6.45, 7) is 11.8. The first-order chi connectivity index (χ1) is 7.60. The lowest BCUT2D eigenvalue weighted by Gasteiger charge is -2.46. The van der Waals surface area contributed by atoms with Gasteiger partial charge in [-0.1, -0.05) is 26.7 Å². The maximum atomic E-state index is 2.76. The molecule has 0 aromatic carbocycles. The molecule has 1 aliphatic rings. The van der Waals surface area contributed by atoms with Gasteiger partial charge in [0.1, 0.15) is 0 Å². The van der Waals surface area contributed by atoms with Gasteiger partial charge in [-0.05, 0) is 33.7 Å². The molecule has 1 saturated heterocycles. The van der Waals surface area contributed by atoms with Crippen molar-refractivity contribution in [2.75, 3.05) is 20.1 Å². The van der Waals surface area contributed by atoms with Crippen LogP contribution in [-0.2, 0) is 0 Å². The Balaban J connectivity index is 2.60. The van der Waals surface area contributed by atoms with Crippen LogP contribution in [0.2, 0.25) is 0 Å². The number of nitrogens with zero attached hydrogens (tertiary/aromatic N) is 2. The van der Waals surface area contributed by atoms with Gasteiger partial charge in [0.05, 0.1) is 0 Å². The molecule has 96 valence electrons. The molecule has 2 heteroatoms. The molecule has 1 fully saturated rings. The summed E-state index contributed by atoms with van der Waals surface area (Å²) in [7, 11) is 2.26. The number of hydrogen-bond acceptors (Lipinski definition) is 2. The molecule has 16 heavy (non-hydrogen) atoms. The first-order valence-electron chi connectivity index (χ1n) is 7.06. The molecule has 0 aromatic rings. The summed E-state index contributed by atoms with van der Waals surface area (Å²) < 4.78 is 0. The van der Waals surface area contributed by atoms with Crippen molar-refractivity contribution >= 4 is 0 Å². The Kier molecular flexibility index (Phi) is 5.77. The van der Waals surface area contributed by atoms with E-state index >= 15 is 0 Å². The molecule has 1 heterocycles. The van der Waals surface area contributed by atoms with E-state index in [1.807, 2.05) is 0 Å². The third kappa shape index (κ3) is 3.46. The van der Waals surface area contributed by atoms with Crippen LogP contribution in [0.4, 0.5) is 0 Å². The molecule has 2 atom stereocenters. The van der Waals surface area contributed by atoms with E-state index < -0.39 is 0 Å². The van der Waals surface area contributed by atoms with Crippen LogP contribution in [0.3, 0.4) is 0 Å². The molecule has 2 nitrogen and oxygen atoms in total. The van der Waals surface area contributed by atoms with Crippen LogP contribution >= 0.6 is 0 Å². The first-order valence-corrected chi connectivity index (χ1v) is 7.06. The molecular weight excluding hydrogens is 196 g/mol. The van der Waals surface area contributed by atoms with E-state index in [0.29, 0.717) is 6.04 Å². The van der Waals surface area contributed by atoms with Crippen LogP contribution in [0.5, 0.6) is 0 Å². The summed E-state index contributed by atoms with van der Waals surface area (Å²) in [5.41, 5.74) is 0. The molecular formula is C14H30N2. The number of rotatable bonds is 5. The van der Waals surface area contributed by atoms with Gasteiger partial charge >= 0.3 is 0 Å². The van der Waals surface area contributed by atoms with E-state index in [4.69, 9.17) is 0 Å². The Morgan fingerprint density at radius 3 is 2.06 bits per heavy atom. The van der Waals surface area contributed by atoms with E-state index in [-0.39, 0.29) is 0 Å². The first kappa shape index (κ1) is 14.0. The lowest BCUT2D eigenvalue weighted by atomic mass is 9.99. The zero-order valence-electron chi connectivity index (χ0n) is 11.9. The Morgan fingerprint density at radius 1 is 1.00 bits per heavy atom. The summed E-state index contributed by atoms with van der Waals surface area (Å²) >= 11 is 0. The van der Waals surface area contributed by atoms with Crippen LogP contribution in [-0.4, -0.2) is 48.1 Å². The van der Waals surface area contributed by atoms with E-state index in [1.54, 1.807) is 0 Å². The molecule has 0 spiro atoms. The standard InChI is InChI=1S/C14H30N2/c1-6-8-14(9-7-2)16-11-12(3)15(5)10-13(16)4/h12-14H,6-11H2,1-5H3. The van der Waals surface area contributed by atoms with Crippen molar-refractivity contribution in [2.24, 2.45) is 0 Å². The fraction of sp³-hybridized carbons (Fsp3) is 1.00. The smallest absolute Gasteiger partial charge is 0.0198 e. The monoisotopic (exact) mass is 226 g/mol. The van der Waals surface area contributed by atoms with Crippen molar-refractivity contribution < 1.29 is 0 Å². The minimum absolute atomic E-state index is 0.715. The lowest BCUT2D eigenvalue weighted by molar-refractivity contribution is 0.0222. The molecule has 0 aromatic heterocycles. The topological polar surface area (TPSA) is 6.48 Å². The normalized spacial score (nSPS) is 28.9. The molecule has 0 amide bonds. The van der Waals surface area contributed by atoms with Gasteiger partial charge in [0, 0.05) is 31.2 Å². The van der Waals surface area contributed by atoms with Crippen LogP contribution in [0.25, 0.3) is 0 Å². The average molecular weight is 226 g/mol. The molecule has 1 aliphatic heterocycles. The van der Waals surface area contributed by atoms with Gasteiger partial charge in [0.15, 0.2) is 0 Å². The van der Waals surface area contributed by atoms with Crippen LogP contribution in [0, 0.1) is 0 Å². The predicted octanol–water partition coefficient (Wildman–Crippen LogP) is 2.98. The minimum atomic E-state index is 0.715. The highest BCUT2D eigenvalue weighted by atomic mass is 15.3. The number of piperazine rings is 1. The van der Waals surface area contributed by atoms with Crippen molar-refractivity contribution in [3.05, 3.63) is 0 Å². The molecule has 2 unspecified atom stereocenters. The molecule has 1 rings (SSSR count). The Labute approximate surface area is 102 Å². The summed E-state index contributed by atoms with van der Waals surface area (Å²) in [5, 5.41) is 0. The third-order valence-electron chi connectivity index (χ3n) is 4.06. The third-order valence-corrected chi connectivity index (χ3v) is 4.06. The second-order valence-electron chi connectivity index (χ2n) is 5.57. The fourth-order valence-corrected chi connectivity index (χ4v) is 2.98. The van der Waals surface area contributed by atoms with Gasteiger partial charge < -0.3 is 4.90 Å². The maximum Gasteiger partial charge on any atom is 0.0198 e. The number of hydrogen-bond donors (Lipinski definition) is 0. The van der Waals surface area contributed by atoms with Gasteiger partial charge in [-0.15, -0.1) is 0 Å². The molecule has 0 aliphatic carbocycles. The Bertz CT molecular complexity index is 187. The molecule has 0 radical (unpaired) electrons. The van der Waals surface area contributed by atoms with Gasteiger partial charge in [0.2, 0.25) is 0 Å². The number of likely N-dealkylation sites (N-methyl/N-ethyl adjacent to an activating group) is 1. The summed E-state index contributed by atoms with van der Waals surface area (Å²) in [5.74, 6) is 0. The van der Waals surface area contributed by atoms with Crippen LogP contribution in [0.1, 0.15) is 53.4 Å². The Hall–Kier alpha value is -0.0800. The predicted molar refractivity (Wildman–Crippen MR) is 71.9 cm³/mol. The van der Waals surface area contributed by atoms with Gasteiger partial charge in [-0.25, -0.2) is 0 Å². The summed E-state index contributed by atoms with van der Waals surface area (Å²) in [6, 6.07) is 2.26. The zero-order chi connectivity index (χ0) is 12.1. The van der Waals surface area contributed by atoms with Crippen LogP contribution in [0.15, 0.2) is 0 Å². The van der Waals surface area contributed by atoms with Gasteiger partial charge in [-0.2, -0.15) is 0 Å². The summed E-state index contributed by atoms with van der Waals surface area (Å²) in [4.78, 5) is 5.26. The van der Waals surface area contributed by atoms with Crippen molar-refractivity contribution in [1.29, 1.82) is 0 Å². The quantitative estimate of drug-likeness (QED) is 0.711. The van der Waals surface area contributed by atoms with E-state index in [1.165, 1.54) is 38.8 Å².